The van der Waals surface area contributed by atoms with E-state index in [9.17, 15) is 0 Å². The van der Waals surface area contributed by atoms with E-state index < -0.39 is 0 Å². The van der Waals surface area contributed by atoms with Crippen molar-refractivity contribution in [2.45, 2.75) is 110 Å². The van der Waals surface area contributed by atoms with Crippen molar-refractivity contribution in [1.29, 1.82) is 0 Å². The number of hydrogen-bond donors (Lipinski definition) is 0. The van der Waals surface area contributed by atoms with Gasteiger partial charge in [-0.15, -0.1) is 0 Å². The van der Waals surface area contributed by atoms with Gasteiger partial charge in [-0.1, -0.05) is 116 Å². The van der Waals surface area contributed by atoms with Crippen LogP contribution in [-0.2, 0) is 11.5 Å². The number of rotatable bonds is 20. The molecule has 0 aromatic carbocycles. The quantitative estimate of drug-likeness (QED) is 0.166. The van der Waals surface area contributed by atoms with Crippen LogP contribution in [0.5, 0.6) is 0 Å². The number of hydrogen-bond acceptors (Lipinski definition) is 3. The zero-order valence-electron chi connectivity index (χ0n) is 19.8. The molecule has 0 amide bonds. The lowest BCUT2D eigenvalue weighted by atomic mass is 10.0. The van der Waals surface area contributed by atoms with Crippen molar-refractivity contribution in [3.63, 3.8) is 0 Å². The Bertz CT molecular complexity index is 289. The van der Waals surface area contributed by atoms with Gasteiger partial charge in [0.05, 0.1) is 0 Å². The van der Waals surface area contributed by atoms with Gasteiger partial charge in [-0.2, -0.15) is 0 Å². The number of nitrogens with zero attached hydrogens (tertiary/aromatic N) is 3. The highest BCUT2D eigenvalue weighted by molar-refractivity contribution is 7.90. The highest BCUT2D eigenvalue weighted by Crippen LogP contribution is 2.15. The van der Waals surface area contributed by atoms with E-state index in [4.69, 9.17) is 0 Å². The van der Waals surface area contributed by atoms with Gasteiger partial charge < -0.3 is 0 Å². The molecular formula is C23H52N3S+. The minimum atomic E-state index is 0.109. The third kappa shape index (κ3) is 16.9. The first kappa shape index (κ1) is 27.2. The first-order valence-corrected chi connectivity index (χ1v) is 12.9. The lowest BCUT2D eigenvalue weighted by Crippen LogP contribution is -2.46. The Kier molecular flexibility index (Phi) is 19.7. The zero-order valence-corrected chi connectivity index (χ0v) is 20.6. The molecule has 0 bridgehead atoms. The third-order valence-electron chi connectivity index (χ3n) is 5.26. The molecule has 0 aliphatic rings. The first-order chi connectivity index (χ1) is 13.0. The fourth-order valence-electron chi connectivity index (χ4n) is 3.85. The maximum atomic E-state index is 2.49. The molecule has 0 saturated heterocycles. The van der Waals surface area contributed by atoms with E-state index >= 15 is 0 Å². The fraction of sp³-hybridized carbons (Fsp3) is 1.00. The summed E-state index contributed by atoms with van der Waals surface area (Å²) in [5.41, 5.74) is 0. The second-order valence-corrected chi connectivity index (χ2v) is 11.1. The van der Waals surface area contributed by atoms with E-state index in [0.29, 0.717) is 0 Å². The van der Waals surface area contributed by atoms with Crippen LogP contribution >= 0.6 is 0 Å². The molecule has 0 N–H and O–H groups in total. The summed E-state index contributed by atoms with van der Waals surface area (Å²) in [6, 6.07) is 0. The average Bonchev–Trinajstić information content (AvgIpc) is 2.60. The van der Waals surface area contributed by atoms with Gasteiger partial charge in [-0.3, -0.25) is 0 Å². The van der Waals surface area contributed by atoms with Crippen LogP contribution in [-0.4, -0.2) is 54.7 Å². The van der Waals surface area contributed by atoms with Crippen molar-refractivity contribution < 1.29 is 0 Å². The van der Waals surface area contributed by atoms with Crippen LogP contribution in [0.15, 0.2) is 0 Å². The monoisotopic (exact) mass is 402 g/mol. The van der Waals surface area contributed by atoms with Crippen LogP contribution < -0.4 is 0 Å². The highest BCUT2D eigenvalue weighted by atomic mass is 32.2. The van der Waals surface area contributed by atoms with Gasteiger partial charge in [0.15, 0.2) is 0 Å². The summed E-state index contributed by atoms with van der Waals surface area (Å²) in [5.74, 6) is 0. The van der Waals surface area contributed by atoms with Crippen molar-refractivity contribution in [3.05, 3.63) is 0 Å². The van der Waals surface area contributed by atoms with Crippen LogP contribution in [0.25, 0.3) is 0 Å². The van der Waals surface area contributed by atoms with Crippen LogP contribution in [0.4, 0.5) is 0 Å². The fourth-order valence-corrected chi connectivity index (χ4v) is 5.91. The highest BCUT2D eigenvalue weighted by Gasteiger charge is 2.32. The standard InChI is InChI=1S/C23H52N3S/c1-7-8-9-10-11-12-13-14-15-16-17-18-19-20-21-22-23-26(6)27(24(2)3)25(4)5/h7-23H2,1-6H3/q+1. The van der Waals surface area contributed by atoms with Gasteiger partial charge >= 0.3 is 0 Å². The molecule has 3 nitrogen and oxygen atoms in total. The second-order valence-electron chi connectivity index (χ2n) is 8.52. The van der Waals surface area contributed by atoms with Crippen molar-refractivity contribution in [2.75, 3.05) is 41.8 Å². The topological polar surface area (TPSA) is 9.72 Å². The van der Waals surface area contributed by atoms with Crippen LogP contribution in [0, 0.1) is 0 Å². The number of unbranched alkanes of at least 4 members (excludes halogenated alkanes) is 15. The van der Waals surface area contributed by atoms with Gasteiger partial charge in [-0.05, 0) is 6.42 Å². The van der Waals surface area contributed by atoms with Gasteiger partial charge in [0.2, 0.25) is 0 Å². The van der Waals surface area contributed by atoms with Gasteiger partial charge in [0.1, 0.15) is 0 Å². The summed E-state index contributed by atoms with van der Waals surface area (Å²) in [6.45, 7) is 3.50. The van der Waals surface area contributed by atoms with Crippen LogP contribution in [0.2, 0.25) is 0 Å². The van der Waals surface area contributed by atoms with E-state index in [-0.39, 0.29) is 11.5 Å². The zero-order chi connectivity index (χ0) is 20.3. The minimum Gasteiger partial charge on any atom is -0.0942 e. The average molecular weight is 403 g/mol. The molecule has 0 aromatic heterocycles. The molecular weight excluding hydrogens is 350 g/mol. The summed E-state index contributed by atoms with van der Waals surface area (Å²) >= 11 is 0.109. The molecule has 0 heterocycles. The molecule has 0 spiro atoms. The largest absolute Gasteiger partial charge is 0.266 e. The molecule has 0 aliphatic heterocycles. The molecule has 0 saturated carbocycles. The van der Waals surface area contributed by atoms with Crippen LogP contribution in [0.1, 0.15) is 110 Å². The van der Waals surface area contributed by atoms with E-state index in [1.807, 2.05) is 0 Å². The lowest BCUT2D eigenvalue weighted by molar-refractivity contribution is 0.441. The Hall–Kier alpha value is 0.230. The van der Waals surface area contributed by atoms with E-state index in [1.165, 1.54) is 109 Å². The summed E-state index contributed by atoms with van der Waals surface area (Å²) in [4.78, 5) is 0. The molecule has 4 heteroatoms. The summed E-state index contributed by atoms with van der Waals surface area (Å²) in [5, 5.41) is 0. The molecule has 0 aliphatic carbocycles. The van der Waals surface area contributed by atoms with Crippen molar-refractivity contribution in [3.8, 4) is 0 Å². The smallest absolute Gasteiger partial charge is 0.0942 e. The van der Waals surface area contributed by atoms with Crippen molar-refractivity contribution in [2.24, 2.45) is 0 Å². The van der Waals surface area contributed by atoms with E-state index in [0.717, 1.165) is 0 Å². The van der Waals surface area contributed by atoms with Gasteiger partial charge in [-0.25, -0.2) is 0 Å². The second kappa shape index (κ2) is 19.5. The Morgan fingerprint density at radius 2 is 0.741 bits per heavy atom. The maximum absolute atomic E-state index is 2.49. The molecule has 0 aromatic rings. The van der Waals surface area contributed by atoms with Crippen molar-refractivity contribution in [1.82, 2.24) is 12.9 Å². The summed E-state index contributed by atoms with van der Waals surface area (Å²) < 4.78 is 7.11. The van der Waals surface area contributed by atoms with Gasteiger partial charge in [0.25, 0.3) is 11.5 Å². The van der Waals surface area contributed by atoms with E-state index in [1.54, 1.807) is 0 Å². The molecule has 0 atom stereocenters. The SMILES string of the molecule is CCCCCCCCCCCCCCCCCCN(C)[S+](N(C)C)N(C)C. The third-order valence-corrected chi connectivity index (χ3v) is 7.31. The normalized spacial score (nSPS) is 12.2. The van der Waals surface area contributed by atoms with Gasteiger partial charge in [0, 0.05) is 41.8 Å². The predicted octanol–water partition coefficient (Wildman–Crippen LogP) is 6.67. The molecule has 164 valence electrons. The maximum Gasteiger partial charge on any atom is 0.266 e. The molecule has 0 unspecified atom stereocenters. The Balaban J connectivity index is 3.31. The van der Waals surface area contributed by atoms with Crippen molar-refractivity contribution >= 4 is 11.5 Å². The predicted molar refractivity (Wildman–Crippen MR) is 127 cm³/mol. The Labute approximate surface area is 176 Å². The summed E-state index contributed by atoms with van der Waals surface area (Å²) in [7, 11) is 11.0. The Morgan fingerprint density at radius 3 is 1.04 bits per heavy atom. The molecule has 0 rings (SSSR count). The lowest BCUT2D eigenvalue weighted by Gasteiger charge is -2.23. The molecule has 0 fully saturated rings. The molecule has 27 heavy (non-hydrogen) atoms. The van der Waals surface area contributed by atoms with Crippen LogP contribution in [0.3, 0.4) is 0 Å². The molecule has 0 radical (unpaired) electrons. The Morgan fingerprint density at radius 1 is 0.444 bits per heavy atom. The minimum absolute atomic E-state index is 0.109. The summed E-state index contributed by atoms with van der Waals surface area (Å²) in [6.07, 6.45) is 23.0. The van der Waals surface area contributed by atoms with E-state index in [2.05, 4.69) is 55.1 Å². The first-order valence-electron chi connectivity index (χ1n) is 11.8.